The zero-order chi connectivity index (χ0) is 22.3. The molecule has 1 aliphatic rings. The van der Waals surface area contributed by atoms with E-state index in [1.54, 1.807) is 18.3 Å². The summed E-state index contributed by atoms with van der Waals surface area (Å²) in [5, 5.41) is 2.91. The number of likely N-dealkylation sites (tertiary alicyclic amines) is 1. The number of carbonyl (C=O) groups excluding carboxylic acids is 1. The summed E-state index contributed by atoms with van der Waals surface area (Å²) in [4.78, 5) is 18.3. The highest BCUT2D eigenvalue weighted by Crippen LogP contribution is 2.23. The van der Waals surface area contributed by atoms with Crippen LogP contribution in [0.2, 0.25) is 0 Å². The highest BCUT2D eigenvalue weighted by atomic mass is 19.3. The minimum absolute atomic E-state index is 0.150. The summed E-state index contributed by atoms with van der Waals surface area (Å²) in [7, 11) is 0. The minimum Gasteiger partial charge on any atom is -0.383 e. The summed E-state index contributed by atoms with van der Waals surface area (Å²) in [5.41, 5.74) is 6.15. The molecule has 0 aromatic carbocycles. The lowest BCUT2D eigenvalue weighted by molar-refractivity contribution is 0.0349. The number of nitrogens with one attached hydrogen (secondary N) is 1. The molecule has 0 unspecified atom stereocenters. The van der Waals surface area contributed by atoms with E-state index in [2.05, 4.69) is 15.2 Å². The second-order valence-corrected chi connectivity index (χ2v) is 8.74. The van der Waals surface area contributed by atoms with E-state index in [0.717, 1.165) is 32.5 Å². The van der Waals surface area contributed by atoms with Gasteiger partial charge in [-0.3, -0.25) is 4.79 Å². The number of unbranched alkanes of at least 4 members (excludes halogenated alkanes) is 9. The van der Waals surface area contributed by atoms with Gasteiger partial charge in [-0.05, 0) is 57.5 Å². The predicted octanol–water partition coefficient (Wildman–Crippen LogP) is 5.27. The number of hydrogen-bond acceptors (Lipinski definition) is 4. The van der Waals surface area contributed by atoms with Crippen LogP contribution in [-0.2, 0) is 0 Å². The Morgan fingerprint density at radius 2 is 1.61 bits per heavy atom. The number of hydrogen-bond donors (Lipinski definition) is 2. The zero-order valence-corrected chi connectivity index (χ0v) is 18.8. The van der Waals surface area contributed by atoms with E-state index < -0.39 is 6.43 Å². The molecule has 3 N–H and O–H groups in total. The van der Waals surface area contributed by atoms with Crippen molar-refractivity contribution in [1.29, 1.82) is 0 Å². The molecule has 2 rings (SSSR count). The summed E-state index contributed by atoms with van der Waals surface area (Å²) in [6, 6.07) is 3.41. The molecule has 0 spiro atoms. The van der Waals surface area contributed by atoms with Crippen molar-refractivity contribution in [2.45, 2.75) is 83.5 Å². The van der Waals surface area contributed by atoms with Gasteiger partial charge in [0.05, 0.1) is 5.56 Å². The molecule has 7 heteroatoms. The SMILES string of the molecule is Nc1ncccc1C(=O)NCCCCCCCCCCCCN1CCC(C(F)F)CC1. The van der Waals surface area contributed by atoms with Crippen LogP contribution in [0, 0.1) is 5.92 Å². The van der Waals surface area contributed by atoms with Gasteiger partial charge < -0.3 is 16.0 Å². The van der Waals surface area contributed by atoms with Crippen molar-refractivity contribution < 1.29 is 13.6 Å². The predicted molar refractivity (Wildman–Crippen MR) is 122 cm³/mol. The second-order valence-electron chi connectivity index (χ2n) is 8.74. The number of carbonyl (C=O) groups is 1. The van der Waals surface area contributed by atoms with Gasteiger partial charge in [-0.25, -0.2) is 13.8 Å². The zero-order valence-electron chi connectivity index (χ0n) is 18.8. The Balaban J connectivity index is 1.33. The van der Waals surface area contributed by atoms with Crippen LogP contribution in [0.3, 0.4) is 0 Å². The molecular weight excluding hydrogens is 398 g/mol. The monoisotopic (exact) mass is 438 g/mol. The molecule has 1 amide bonds. The molecule has 1 aromatic heterocycles. The van der Waals surface area contributed by atoms with Crippen LogP contribution >= 0.6 is 0 Å². The number of alkyl halides is 2. The topological polar surface area (TPSA) is 71.2 Å². The number of anilines is 1. The normalized spacial score (nSPS) is 15.5. The number of nitrogens with zero attached hydrogens (tertiary/aromatic N) is 2. The Morgan fingerprint density at radius 1 is 1.03 bits per heavy atom. The number of rotatable bonds is 15. The van der Waals surface area contributed by atoms with Gasteiger partial charge in [0.15, 0.2) is 0 Å². The number of pyridine rings is 1. The fourth-order valence-corrected chi connectivity index (χ4v) is 4.21. The average molecular weight is 439 g/mol. The van der Waals surface area contributed by atoms with Crippen LogP contribution in [0.15, 0.2) is 18.3 Å². The third-order valence-electron chi connectivity index (χ3n) is 6.26. The summed E-state index contributed by atoms with van der Waals surface area (Å²) in [5.74, 6) is -0.251. The van der Waals surface area contributed by atoms with E-state index in [9.17, 15) is 13.6 Å². The molecule has 5 nitrogen and oxygen atoms in total. The Bertz CT molecular complexity index is 621. The smallest absolute Gasteiger partial charge is 0.255 e. The van der Waals surface area contributed by atoms with Crippen molar-refractivity contribution in [2.75, 3.05) is 31.9 Å². The fourth-order valence-electron chi connectivity index (χ4n) is 4.21. The van der Waals surface area contributed by atoms with E-state index in [-0.39, 0.29) is 17.6 Å². The Kier molecular flexibility index (Phi) is 12.4. The first-order chi connectivity index (χ1) is 15.1. The van der Waals surface area contributed by atoms with Crippen molar-refractivity contribution in [3.63, 3.8) is 0 Å². The van der Waals surface area contributed by atoms with Crippen LogP contribution in [0.4, 0.5) is 14.6 Å². The molecule has 0 aliphatic carbocycles. The summed E-state index contributed by atoms with van der Waals surface area (Å²) >= 11 is 0. The maximum absolute atomic E-state index is 12.7. The van der Waals surface area contributed by atoms with Gasteiger partial charge in [-0.1, -0.05) is 51.4 Å². The third kappa shape index (κ3) is 10.4. The number of nitrogens with two attached hydrogens (primary N) is 1. The summed E-state index contributed by atoms with van der Waals surface area (Å²) in [6.07, 6.45) is 12.9. The maximum Gasteiger partial charge on any atom is 0.255 e. The van der Waals surface area contributed by atoms with Crippen molar-refractivity contribution in [1.82, 2.24) is 15.2 Å². The molecule has 1 aromatic rings. The van der Waals surface area contributed by atoms with Gasteiger partial charge in [-0.15, -0.1) is 0 Å². The molecule has 31 heavy (non-hydrogen) atoms. The van der Waals surface area contributed by atoms with E-state index in [0.29, 0.717) is 24.9 Å². The summed E-state index contributed by atoms with van der Waals surface area (Å²) < 4.78 is 25.3. The molecule has 1 fully saturated rings. The fraction of sp³-hybridized carbons (Fsp3) is 0.750. The van der Waals surface area contributed by atoms with Gasteiger partial charge >= 0.3 is 0 Å². The molecule has 0 radical (unpaired) electrons. The molecule has 0 saturated carbocycles. The first kappa shape index (κ1) is 25.5. The second kappa shape index (κ2) is 15.1. The van der Waals surface area contributed by atoms with E-state index in [1.807, 2.05) is 0 Å². The molecule has 1 aliphatic heterocycles. The van der Waals surface area contributed by atoms with Crippen LogP contribution in [0.5, 0.6) is 0 Å². The highest BCUT2D eigenvalue weighted by Gasteiger charge is 2.25. The quantitative estimate of drug-likeness (QED) is 0.366. The standard InChI is InChI=1S/C24H40F2N4O/c25-22(26)20-13-18-30(19-14-20)17-10-8-6-4-2-1-3-5-7-9-15-29-24(31)21-12-11-16-28-23(21)27/h11-12,16,20,22H,1-10,13-15,17-19H2,(H2,27,28)(H,29,31). The van der Waals surface area contributed by atoms with Crippen LogP contribution in [0.25, 0.3) is 0 Å². The van der Waals surface area contributed by atoms with Crippen molar-refractivity contribution >= 4 is 11.7 Å². The van der Waals surface area contributed by atoms with E-state index in [4.69, 9.17) is 5.73 Å². The molecule has 1 saturated heterocycles. The van der Waals surface area contributed by atoms with E-state index in [1.165, 1.54) is 51.4 Å². The van der Waals surface area contributed by atoms with Gasteiger partial charge in [0.1, 0.15) is 5.82 Å². The Hall–Kier alpha value is -1.76. The molecule has 176 valence electrons. The van der Waals surface area contributed by atoms with Crippen molar-refractivity contribution in [3.05, 3.63) is 23.9 Å². The minimum atomic E-state index is -2.14. The number of piperidine rings is 1. The largest absolute Gasteiger partial charge is 0.383 e. The summed E-state index contributed by atoms with van der Waals surface area (Å²) in [6.45, 7) is 3.43. The Morgan fingerprint density at radius 3 is 2.19 bits per heavy atom. The molecule has 0 bridgehead atoms. The first-order valence-electron chi connectivity index (χ1n) is 12.1. The lowest BCUT2D eigenvalue weighted by Crippen LogP contribution is -2.36. The van der Waals surface area contributed by atoms with Gasteiger partial charge in [-0.2, -0.15) is 0 Å². The van der Waals surface area contributed by atoms with E-state index >= 15 is 0 Å². The molecular formula is C24H40F2N4O. The number of nitrogen functional groups attached to an aromatic ring is 1. The highest BCUT2D eigenvalue weighted by molar-refractivity contribution is 5.98. The number of aromatic nitrogens is 1. The van der Waals surface area contributed by atoms with Gasteiger partial charge in [0.25, 0.3) is 5.91 Å². The van der Waals surface area contributed by atoms with Gasteiger partial charge in [0.2, 0.25) is 6.43 Å². The molecule has 0 atom stereocenters. The first-order valence-corrected chi connectivity index (χ1v) is 12.1. The average Bonchev–Trinajstić information content (AvgIpc) is 2.77. The Labute approximate surface area is 186 Å². The lowest BCUT2D eigenvalue weighted by atomic mass is 9.97. The van der Waals surface area contributed by atoms with Crippen LogP contribution in [0.1, 0.15) is 87.4 Å². The number of halogens is 2. The number of amides is 1. The van der Waals surface area contributed by atoms with Crippen LogP contribution < -0.4 is 11.1 Å². The lowest BCUT2D eigenvalue weighted by Gasteiger charge is -2.31. The maximum atomic E-state index is 12.7. The third-order valence-corrected chi connectivity index (χ3v) is 6.26. The van der Waals surface area contributed by atoms with Crippen LogP contribution in [-0.4, -0.2) is 48.4 Å². The van der Waals surface area contributed by atoms with Crippen molar-refractivity contribution in [2.24, 2.45) is 5.92 Å². The molecule has 2 heterocycles. The van der Waals surface area contributed by atoms with Crippen molar-refractivity contribution in [3.8, 4) is 0 Å². The van der Waals surface area contributed by atoms with Gasteiger partial charge in [0, 0.05) is 18.7 Å².